The molecule has 4 rings (SSSR count). The van der Waals surface area contributed by atoms with Crippen LogP contribution in [0.2, 0.25) is 0 Å². The molecule has 4 N–H and O–H groups in total. The molecule has 1 amide bonds. The fourth-order valence-corrected chi connectivity index (χ4v) is 5.20. The summed E-state index contributed by atoms with van der Waals surface area (Å²) in [7, 11) is 0. The smallest absolute Gasteiger partial charge is 1.00 e. The van der Waals surface area contributed by atoms with Gasteiger partial charge in [-0.1, -0.05) is 62.4 Å². The second-order valence-corrected chi connectivity index (χ2v) is 10.4. The van der Waals surface area contributed by atoms with Crippen molar-refractivity contribution in [3.63, 3.8) is 0 Å². The van der Waals surface area contributed by atoms with Gasteiger partial charge in [0, 0.05) is 23.5 Å². The van der Waals surface area contributed by atoms with Crippen molar-refractivity contribution in [2.45, 2.75) is 57.8 Å². The largest absolute Gasteiger partial charge is 2.00 e. The number of aromatic nitrogens is 1. The Labute approximate surface area is 264 Å². The third-order valence-corrected chi connectivity index (χ3v) is 6.93. The molecule has 0 radical (unpaired) electrons. The van der Waals surface area contributed by atoms with E-state index in [1.165, 1.54) is 12.1 Å². The fraction of sp³-hybridized carbons (Fsp3) is 0.273. The normalized spacial score (nSPS) is 12.4. The summed E-state index contributed by atoms with van der Waals surface area (Å²) in [6.45, 7) is 4.25. The van der Waals surface area contributed by atoms with Crippen LogP contribution in [0.5, 0.6) is 0 Å². The number of aliphatic carboxylic acids is 1. The number of carboxylic acids is 1. The van der Waals surface area contributed by atoms with Gasteiger partial charge in [-0.15, -0.1) is 0 Å². The van der Waals surface area contributed by atoms with Gasteiger partial charge >= 0.3 is 29.0 Å². The maximum Gasteiger partial charge on any atom is 2.00 e. The van der Waals surface area contributed by atoms with E-state index in [0.29, 0.717) is 28.1 Å². The number of hydrogen-bond acceptors (Lipinski definition) is 4. The monoisotopic (exact) mass is 584 g/mol. The first-order valence-corrected chi connectivity index (χ1v) is 13.7. The second kappa shape index (κ2) is 15.1. The van der Waals surface area contributed by atoms with Gasteiger partial charge in [0.25, 0.3) is 5.91 Å². The third kappa shape index (κ3) is 8.07. The third-order valence-electron chi connectivity index (χ3n) is 6.93. The molecule has 9 heteroatoms. The van der Waals surface area contributed by atoms with Crippen molar-refractivity contribution in [3.05, 3.63) is 102 Å². The van der Waals surface area contributed by atoms with E-state index in [1.807, 2.05) is 79.1 Å². The number of nitrogens with zero attached hydrogens (tertiary/aromatic N) is 1. The molecule has 4 aromatic rings. The average molecular weight is 585 g/mol. The van der Waals surface area contributed by atoms with Crippen LogP contribution in [-0.2, 0) is 11.3 Å². The van der Waals surface area contributed by atoms with Gasteiger partial charge in [0.05, 0.1) is 29.9 Å². The number of nitrogens with one attached hydrogen (secondary N) is 1. The van der Waals surface area contributed by atoms with Gasteiger partial charge < -0.3 is 28.1 Å². The summed E-state index contributed by atoms with van der Waals surface area (Å²) in [4.78, 5) is 25.0. The quantitative estimate of drug-likeness (QED) is 0.149. The average Bonchev–Trinajstić information content (AvgIpc) is 3.28. The molecule has 0 aliphatic heterocycles. The van der Waals surface area contributed by atoms with E-state index >= 15 is 0 Å². The first kappa shape index (κ1) is 33.0. The van der Waals surface area contributed by atoms with E-state index in [-0.39, 0.29) is 62.9 Å². The van der Waals surface area contributed by atoms with Crippen LogP contribution in [0, 0.1) is 5.82 Å². The standard InChI is InChI=1S/C33H35FN2O5.Mg.2H/c1-21(2)31-30(33(41)35-25-11-7-4-8-12-25)29(22-9-5-3-6-10-22)32(23-13-15-24(34)16-14-23)36(31)18-17-26(37)19-27(38)20-28(39)40;;;/h3-16,21,26-27,37-38H,17-20H2,1-2H3,(H,35,41)(H,39,40);;;/q;+2;2*-1/t26-,27-;;;/m1.../s1. The molecule has 0 saturated carbocycles. The van der Waals surface area contributed by atoms with Crippen molar-refractivity contribution in [3.8, 4) is 22.4 Å². The molecule has 1 aromatic heterocycles. The van der Waals surface area contributed by atoms with E-state index in [2.05, 4.69) is 5.32 Å². The SMILES string of the molecule is CC(C)c1c(C(=O)Nc2ccccc2)c(-c2ccccc2)c(-c2ccc(F)cc2)n1CC[C@@H](O)C[C@@H](O)CC(=O)O.[H-].[H-].[Mg+2]. The number of carboxylic acid groups (broad SMARTS) is 1. The fourth-order valence-electron chi connectivity index (χ4n) is 5.20. The maximum atomic E-state index is 14.0. The number of aliphatic hydroxyl groups is 2. The van der Waals surface area contributed by atoms with Crippen molar-refractivity contribution < 1.29 is 32.2 Å². The van der Waals surface area contributed by atoms with Gasteiger partial charge in [-0.2, -0.15) is 0 Å². The van der Waals surface area contributed by atoms with Gasteiger partial charge in [-0.25, -0.2) is 4.39 Å². The number of rotatable bonds is 12. The molecule has 0 aliphatic rings. The summed E-state index contributed by atoms with van der Waals surface area (Å²) in [6, 6.07) is 24.8. The van der Waals surface area contributed by atoms with Crippen LogP contribution in [0.1, 0.15) is 57.9 Å². The predicted molar refractivity (Wildman–Crippen MR) is 165 cm³/mol. The Kier molecular flexibility index (Phi) is 11.9. The van der Waals surface area contributed by atoms with Crippen molar-refractivity contribution in [1.29, 1.82) is 0 Å². The molecule has 1 heterocycles. The van der Waals surface area contributed by atoms with Crippen LogP contribution in [0.4, 0.5) is 10.1 Å². The summed E-state index contributed by atoms with van der Waals surface area (Å²) in [5, 5.41) is 32.8. The van der Waals surface area contributed by atoms with Gasteiger partial charge in [-0.3, -0.25) is 9.59 Å². The van der Waals surface area contributed by atoms with Crippen LogP contribution < -0.4 is 5.32 Å². The van der Waals surface area contributed by atoms with Crippen molar-refractivity contribution >= 4 is 40.6 Å². The molecule has 0 saturated heterocycles. The number of carbonyl (C=O) groups is 2. The number of benzene rings is 3. The zero-order valence-electron chi connectivity index (χ0n) is 25.8. The topological polar surface area (TPSA) is 112 Å². The van der Waals surface area contributed by atoms with E-state index in [9.17, 15) is 24.2 Å². The van der Waals surface area contributed by atoms with Gasteiger partial charge in [0.2, 0.25) is 0 Å². The molecule has 7 nitrogen and oxygen atoms in total. The number of amides is 1. The maximum absolute atomic E-state index is 14.0. The Hall–Kier alpha value is -3.50. The first-order chi connectivity index (χ1) is 19.7. The molecule has 0 bridgehead atoms. The second-order valence-electron chi connectivity index (χ2n) is 10.4. The van der Waals surface area contributed by atoms with Gasteiger partial charge in [0.15, 0.2) is 0 Å². The molecule has 0 unspecified atom stereocenters. The number of halogens is 1. The summed E-state index contributed by atoms with van der Waals surface area (Å²) in [5.41, 5.74) is 4.77. The molecule has 42 heavy (non-hydrogen) atoms. The minimum absolute atomic E-state index is 0. The molecular weight excluding hydrogens is 548 g/mol. The molecular formula is C33H37FMgN2O5. The Morgan fingerprint density at radius 1 is 0.881 bits per heavy atom. The number of para-hydroxylation sites is 1. The first-order valence-electron chi connectivity index (χ1n) is 13.7. The van der Waals surface area contributed by atoms with Crippen LogP contribution >= 0.6 is 0 Å². The number of anilines is 1. The summed E-state index contributed by atoms with van der Waals surface area (Å²) in [5.74, 6) is -1.93. The van der Waals surface area contributed by atoms with E-state index in [4.69, 9.17) is 5.11 Å². The van der Waals surface area contributed by atoms with Crippen molar-refractivity contribution in [1.82, 2.24) is 4.57 Å². The summed E-state index contributed by atoms with van der Waals surface area (Å²) < 4.78 is 16.0. The summed E-state index contributed by atoms with van der Waals surface area (Å²) >= 11 is 0. The van der Waals surface area contributed by atoms with E-state index < -0.39 is 24.6 Å². The van der Waals surface area contributed by atoms with Gasteiger partial charge in [0.1, 0.15) is 5.82 Å². The Bertz CT molecular complexity index is 1490. The van der Waals surface area contributed by atoms with E-state index in [0.717, 1.165) is 11.3 Å². The van der Waals surface area contributed by atoms with E-state index in [1.54, 1.807) is 12.1 Å². The predicted octanol–water partition coefficient (Wildman–Crippen LogP) is 6.16. The molecule has 0 aliphatic carbocycles. The molecule has 3 aromatic carbocycles. The minimum atomic E-state index is -1.18. The Morgan fingerprint density at radius 3 is 2.05 bits per heavy atom. The van der Waals surface area contributed by atoms with Crippen LogP contribution in [0.15, 0.2) is 84.9 Å². The number of hydrogen-bond donors (Lipinski definition) is 4. The van der Waals surface area contributed by atoms with Crippen LogP contribution in [0.25, 0.3) is 22.4 Å². The Morgan fingerprint density at radius 2 is 1.48 bits per heavy atom. The molecule has 0 fully saturated rings. The van der Waals surface area contributed by atoms with Crippen molar-refractivity contribution in [2.24, 2.45) is 0 Å². The molecule has 2 atom stereocenters. The number of carbonyl (C=O) groups excluding carboxylic acids is 1. The van der Waals surface area contributed by atoms with Crippen LogP contribution in [-0.4, -0.2) is 67.0 Å². The number of aliphatic hydroxyl groups excluding tert-OH is 2. The van der Waals surface area contributed by atoms with Crippen molar-refractivity contribution in [2.75, 3.05) is 5.32 Å². The molecule has 218 valence electrons. The zero-order chi connectivity index (χ0) is 29.5. The van der Waals surface area contributed by atoms with Crippen LogP contribution in [0.3, 0.4) is 0 Å². The minimum Gasteiger partial charge on any atom is -1.00 e. The molecule has 0 spiro atoms. The zero-order valence-corrected chi connectivity index (χ0v) is 25.2. The Balaban J connectivity index is 0.00000323. The summed E-state index contributed by atoms with van der Waals surface area (Å²) in [6.07, 6.45) is -2.51. The van der Waals surface area contributed by atoms with Gasteiger partial charge in [-0.05, 0) is 66.3 Å².